The summed E-state index contributed by atoms with van der Waals surface area (Å²) in [7, 11) is 0. The van der Waals surface area contributed by atoms with E-state index in [2.05, 4.69) is 37.4 Å². The molecule has 1 fully saturated rings. The normalized spacial score (nSPS) is 15.7. The molecule has 0 amide bonds. The van der Waals surface area contributed by atoms with Gasteiger partial charge in [0.15, 0.2) is 0 Å². The number of ether oxygens (including phenoxy) is 1. The highest BCUT2D eigenvalue weighted by atomic mass is 35.5. The number of hydrogen-bond acceptors (Lipinski definition) is 2. The van der Waals surface area contributed by atoms with Gasteiger partial charge in [-0.25, -0.2) is 8.78 Å². The minimum Gasteiger partial charge on any atom is -0.376 e. The molecule has 160 valence electrons. The van der Waals surface area contributed by atoms with Crippen LogP contribution < -0.4 is 5.32 Å². The Morgan fingerprint density at radius 3 is 2.17 bits per heavy atom. The Morgan fingerprint density at radius 2 is 1.55 bits per heavy atom. The lowest BCUT2D eigenvalue weighted by Crippen LogP contribution is -2.35. The highest BCUT2D eigenvalue weighted by Gasteiger charge is 2.20. The largest absolute Gasteiger partial charge is 0.376 e. The molecular formula is C24H32ClF2NO. The summed E-state index contributed by atoms with van der Waals surface area (Å²) in [5.41, 5.74) is 3.75. The first kappa shape index (κ1) is 23.8. The summed E-state index contributed by atoms with van der Waals surface area (Å²) < 4.78 is 33.6. The quantitative estimate of drug-likeness (QED) is 0.543. The van der Waals surface area contributed by atoms with Crippen molar-refractivity contribution >= 4 is 12.4 Å². The van der Waals surface area contributed by atoms with Crippen molar-refractivity contribution in [3.8, 4) is 0 Å². The molecule has 0 spiro atoms. The van der Waals surface area contributed by atoms with Gasteiger partial charge in [-0.1, -0.05) is 43.5 Å². The van der Waals surface area contributed by atoms with Gasteiger partial charge in [-0.2, -0.15) is 0 Å². The maximum atomic E-state index is 13.9. The standard InChI is InChI=1S/C24H31F2NO.ClH/c1-17-8-6-9-18(2)24(17)19(14-27-20-10-4-3-5-11-20)15-28-16-21-22(25)12-7-13-23(21)26;/h6-9,12-13,19-20,27H,3-5,10-11,14-16H2,1-2H3;1H. The molecule has 1 atom stereocenters. The van der Waals surface area contributed by atoms with E-state index in [-0.39, 0.29) is 30.5 Å². The first-order chi connectivity index (χ1) is 13.6. The summed E-state index contributed by atoms with van der Waals surface area (Å²) in [6, 6.07) is 10.8. The van der Waals surface area contributed by atoms with E-state index in [0.717, 1.165) is 6.54 Å². The monoisotopic (exact) mass is 423 g/mol. The first-order valence-electron chi connectivity index (χ1n) is 10.4. The Hall–Kier alpha value is -1.49. The van der Waals surface area contributed by atoms with Crippen molar-refractivity contribution in [2.75, 3.05) is 13.2 Å². The first-order valence-corrected chi connectivity index (χ1v) is 10.4. The van der Waals surface area contributed by atoms with Crippen molar-refractivity contribution in [1.29, 1.82) is 0 Å². The van der Waals surface area contributed by atoms with Crippen LogP contribution in [0.25, 0.3) is 0 Å². The van der Waals surface area contributed by atoms with Crippen LogP contribution in [0.15, 0.2) is 36.4 Å². The van der Waals surface area contributed by atoms with Gasteiger partial charge in [0, 0.05) is 24.1 Å². The van der Waals surface area contributed by atoms with Crippen molar-refractivity contribution in [1.82, 2.24) is 5.32 Å². The van der Waals surface area contributed by atoms with Crippen molar-refractivity contribution in [2.24, 2.45) is 0 Å². The van der Waals surface area contributed by atoms with Crippen LogP contribution in [0.2, 0.25) is 0 Å². The highest BCUT2D eigenvalue weighted by Crippen LogP contribution is 2.26. The third kappa shape index (κ3) is 6.50. The van der Waals surface area contributed by atoms with Crippen molar-refractivity contribution in [2.45, 2.75) is 64.5 Å². The molecule has 1 aliphatic carbocycles. The maximum absolute atomic E-state index is 13.9. The molecule has 29 heavy (non-hydrogen) atoms. The van der Waals surface area contributed by atoms with E-state index in [9.17, 15) is 8.78 Å². The summed E-state index contributed by atoms with van der Waals surface area (Å²) in [6.07, 6.45) is 6.35. The lowest BCUT2D eigenvalue weighted by atomic mass is 9.90. The molecule has 2 aromatic rings. The highest BCUT2D eigenvalue weighted by molar-refractivity contribution is 5.85. The Kier molecular flexibility index (Phi) is 9.54. The number of benzene rings is 2. The number of hydrogen-bond donors (Lipinski definition) is 1. The van der Waals surface area contributed by atoms with E-state index in [1.807, 2.05) is 0 Å². The zero-order valence-electron chi connectivity index (χ0n) is 17.3. The Labute approximate surface area is 179 Å². The molecule has 2 aromatic carbocycles. The van der Waals surface area contributed by atoms with Crippen LogP contribution in [0, 0.1) is 25.5 Å². The van der Waals surface area contributed by atoms with E-state index in [1.54, 1.807) is 0 Å². The van der Waals surface area contributed by atoms with E-state index in [1.165, 1.54) is 67.0 Å². The fraction of sp³-hybridized carbons (Fsp3) is 0.500. The third-order valence-corrected chi connectivity index (χ3v) is 5.84. The summed E-state index contributed by atoms with van der Waals surface area (Å²) >= 11 is 0. The van der Waals surface area contributed by atoms with Crippen LogP contribution in [-0.2, 0) is 11.3 Å². The zero-order valence-corrected chi connectivity index (χ0v) is 18.2. The Morgan fingerprint density at radius 1 is 0.966 bits per heavy atom. The predicted octanol–water partition coefficient (Wildman–Crippen LogP) is 6.23. The van der Waals surface area contributed by atoms with Gasteiger partial charge in [0.1, 0.15) is 11.6 Å². The lowest BCUT2D eigenvalue weighted by molar-refractivity contribution is 0.100. The smallest absolute Gasteiger partial charge is 0.131 e. The topological polar surface area (TPSA) is 21.3 Å². The molecule has 3 rings (SSSR count). The number of rotatable bonds is 8. The molecule has 0 bridgehead atoms. The van der Waals surface area contributed by atoms with Gasteiger partial charge in [0.25, 0.3) is 0 Å². The van der Waals surface area contributed by atoms with Crippen molar-refractivity contribution in [3.05, 3.63) is 70.3 Å². The van der Waals surface area contributed by atoms with Gasteiger partial charge in [-0.05, 0) is 55.5 Å². The van der Waals surface area contributed by atoms with Gasteiger partial charge in [0.2, 0.25) is 0 Å². The summed E-state index contributed by atoms with van der Waals surface area (Å²) in [6.45, 7) is 5.43. The van der Waals surface area contributed by atoms with Gasteiger partial charge >= 0.3 is 0 Å². The van der Waals surface area contributed by atoms with Crippen LogP contribution in [0.1, 0.15) is 60.3 Å². The lowest BCUT2D eigenvalue weighted by Gasteiger charge is -2.27. The molecule has 1 aliphatic rings. The molecule has 1 unspecified atom stereocenters. The SMILES string of the molecule is Cc1cccc(C)c1C(CNC1CCCCC1)COCc1c(F)cccc1F.Cl. The number of halogens is 3. The molecule has 0 saturated heterocycles. The van der Waals surface area contributed by atoms with Crippen molar-refractivity contribution in [3.63, 3.8) is 0 Å². The third-order valence-electron chi connectivity index (χ3n) is 5.84. The van der Waals surface area contributed by atoms with Gasteiger partial charge in [0.05, 0.1) is 13.2 Å². The van der Waals surface area contributed by atoms with E-state index in [0.29, 0.717) is 12.6 Å². The minimum atomic E-state index is -0.552. The molecule has 0 aromatic heterocycles. The minimum absolute atomic E-state index is 0. The maximum Gasteiger partial charge on any atom is 0.131 e. The predicted molar refractivity (Wildman–Crippen MR) is 117 cm³/mol. The van der Waals surface area contributed by atoms with Crippen LogP contribution in [-0.4, -0.2) is 19.2 Å². The summed E-state index contributed by atoms with van der Waals surface area (Å²) in [4.78, 5) is 0. The second-order valence-corrected chi connectivity index (χ2v) is 7.96. The fourth-order valence-corrected chi connectivity index (χ4v) is 4.30. The van der Waals surface area contributed by atoms with Crippen LogP contribution in [0.4, 0.5) is 8.78 Å². The van der Waals surface area contributed by atoms with E-state index < -0.39 is 11.6 Å². The van der Waals surface area contributed by atoms with Crippen LogP contribution >= 0.6 is 12.4 Å². The average molecular weight is 424 g/mol. The Balaban J connectivity index is 0.00000300. The van der Waals surface area contributed by atoms with Gasteiger partial charge in [-0.15, -0.1) is 12.4 Å². The zero-order chi connectivity index (χ0) is 19.9. The second-order valence-electron chi connectivity index (χ2n) is 7.96. The second kappa shape index (κ2) is 11.6. The average Bonchev–Trinajstić information content (AvgIpc) is 2.68. The van der Waals surface area contributed by atoms with Crippen LogP contribution in [0.3, 0.4) is 0 Å². The van der Waals surface area contributed by atoms with E-state index >= 15 is 0 Å². The van der Waals surface area contributed by atoms with Crippen molar-refractivity contribution < 1.29 is 13.5 Å². The molecule has 5 heteroatoms. The molecular weight excluding hydrogens is 392 g/mol. The van der Waals surface area contributed by atoms with Gasteiger partial charge in [-0.3, -0.25) is 0 Å². The van der Waals surface area contributed by atoms with E-state index in [4.69, 9.17) is 4.74 Å². The summed E-state index contributed by atoms with van der Waals surface area (Å²) in [5, 5.41) is 3.72. The molecule has 2 nitrogen and oxygen atoms in total. The fourth-order valence-electron chi connectivity index (χ4n) is 4.30. The number of nitrogens with one attached hydrogen (secondary N) is 1. The van der Waals surface area contributed by atoms with Crippen LogP contribution in [0.5, 0.6) is 0 Å². The summed E-state index contributed by atoms with van der Waals surface area (Å²) in [5.74, 6) is -0.953. The molecule has 0 aliphatic heterocycles. The molecule has 1 N–H and O–H groups in total. The Bertz CT molecular complexity index is 737. The molecule has 1 saturated carbocycles. The van der Waals surface area contributed by atoms with Gasteiger partial charge < -0.3 is 10.1 Å². The number of aryl methyl sites for hydroxylation is 2. The molecule has 0 radical (unpaired) electrons. The molecule has 0 heterocycles.